The number of nitrogens with one attached hydrogen (secondary N) is 1. The van der Waals surface area contributed by atoms with E-state index in [1.807, 2.05) is 42.1 Å². The summed E-state index contributed by atoms with van der Waals surface area (Å²) in [5, 5.41) is 4.94. The molecule has 1 fully saturated rings. The number of thioether (sulfide) groups is 1. The molecule has 27 heavy (non-hydrogen) atoms. The van der Waals surface area contributed by atoms with Crippen molar-refractivity contribution in [3.05, 3.63) is 64.2 Å². The quantitative estimate of drug-likeness (QED) is 0.650. The van der Waals surface area contributed by atoms with Gasteiger partial charge in [-0.15, -0.1) is 0 Å². The molecule has 1 N–H and O–H groups in total. The zero-order valence-electron chi connectivity index (χ0n) is 14.7. The molecule has 4 rings (SSSR count). The number of carbonyl (C=O) groups is 1. The van der Waals surface area contributed by atoms with Gasteiger partial charge < -0.3 is 14.6 Å². The first-order chi connectivity index (χ1) is 13.0. The summed E-state index contributed by atoms with van der Waals surface area (Å²) in [5.41, 5.74) is 2.68. The Balaban J connectivity index is 1.68. The van der Waals surface area contributed by atoms with Crippen LogP contribution in [0.4, 0.5) is 5.69 Å². The second kappa shape index (κ2) is 7.13. The smallest absolute Gasteiger partial charge is 0.264 e. The average Bonchev–Trinajstić information content (AvgIpc) is 3.16. The number of fused-ring (bicyclic) bond motifs is 1. The summed E-state index contributed by atoms with van der Waals surface area (Å²) < 4.78 is 7.35. The molecule has 1 aliphatic heterocycles. The predicted octanol–water partition coefficient (Wildman–Crippen LogP) is 4.73. The molecule has 1 saturated heterocycles. The van der Waals surface area contributed by atoms with E-state index in [2.05, 4.69) is 16.4 Å². The number of rotatable bonds is 3. The van der Waals surface area contributed by atoms with Gasteiger partial charge in [0, 0.05) is 34.7 Å². The molecule has 0 spiro atoms. The van der Waals surface area contributed by atoms with Crippen LogP contribution in [0.1, 0.15) is 5.56 Å². The molecule has 136 valence electrons. The van der Waals surface area contributed by atoms with Gasteiger partial charge in [-0.25, -0.2) is 4.99 Å². The largest absolute Gasteiger partial charge is 0.494 e. The van der Waals surface area contributed by atoms with Crippen LogP contribution in [-0.2, 0) is 11.8 Å². The lowest BCUT2D eigenvalue weighted by Gasteiger charge is -2.04. The van der Waals surface area contributed by atoms with E-state index in [9.17, 15) is 4.79 Å². The first-order valence-electron chi connectivity index (χ1n) is 8.22. The maximum absolute atomic E-state index is 12.4. The molecule has 0 bridgehead atoms. The third-order valence-corrected chi connectivity index (χ3v) is 5.37. The van der Waals surface area contributed by atoms with Crippen molar-refractivity contribution >= 4 is 57.1 Å². The van der Waals surface area contributed by atoms with Gasteiger partial charge in [0.05, 0.1) is 12.0 Å². The second-order valence-corrected chi connectivity index (χ2v) is 7.48. The monoisotopic (exact) mass is 397 g/mol. The normalized spacial score (nSPS) is 17.1. The van der Waals surface area contributed by atoms with Gasteiger partial charge in [0.25, 0.3) is 5.91 Å². The van der Waals surface area contributed by atoms with Crippen LogP contribution in [0.25, 0.3) is 17.0 Å². The summed E-state index contributed by atoms with van der Waals surface area (Å²) in [5.74, 6) is 0.418. The summed E-state index contributed by atoms with van der Waals surface area (Å²) in [7, 11) is 3.56. The van der Waals surface area contributed by atoms with Crippen LogP contribution in [0.5, 0.6) is 5.75 Å². The van der Waals surface area contributed by atoms with Gasteiger partial charge >= 0.3 is 0 Å². The van der Waals surface area contributed by atoms with E-state index in [1.165, 1.54) is 11.8 Å². The van der Waals surface area contributed by atoms with Crippen molar-refractivity contribution in [3.8, 4) is 5.75 Å². The number of amides is 1. The van der Waals surface area contributed by atoms with Crippen molar-refractivity contribution in [1.29, 1.82) is 0 Å². The molecule has 5 nitrogen and oxygen atoms in total. The first kappa shape index (κ1) is 17.7. The van der Waals surface area contributed by atoms with Gasteiger partial charge in [-0.1, -0.05) is 29.8 Å². The molecule has 2 heterocycles. The number of benzene rings is 2. The molecule has 1 amide bonds. The highest BCUT2D eigenvalue weighted by molar-refractivity contribution is 8.18. The van der Waals surface area contributed by atoms with E-state index in [0.717, 1.165) is 16.5 Å². The molecule has 0 atom stereocenters. The van der Waals surface area contributed by atoms with Crippen LogP contribution < -0.4 is 10.1 Å². The summed E-state index contributed by atoms with van der Waals surface area (Å²) in [6, 6.07) is 13.3. The van der Waals surface area contributed by atoms with Gasteiger partial charge in [0.15, 0.2) is 5.17 Å². The van der Waals surface area contributed by atoms with Crippen molar-refractivity contribution in [2.75, 3.05) is 7.11 Å². The van der Waals surface area contributed by atoms with Crippen LogP contribution in [0.3, 0.4) is 0 Å². The lowest BCUT2D eigenvalue weighted by atomic mass is 10.1. The minimum atomic E-state index is -0.173. The second-order valence-electron chi connectivity index (χ2n) is 6.01. The number of aromatic nitrogens is 1. The fourth-order valence-corrected chi connectivity index (χ4v) is 3.96. The summed E-state index contributed by atoms with van der Waals surface area (Å²) in [6.07, 6.45) is 3.90. The van der Waals surface area contributed by atoms with E-state index < -0.39 is 0 Å². The number of aliphatic imine (C=N–C) groups is 1. The Hall–Kier alpha value is -2.70. The van der Waals surface area contributed by atoms with Crippen molar-refractivity contribution in [3.63, 3.8) is 0 Å². The van der Waals surface area contributed by atoms with Crippen LogP contribution in [-0.4, -0.2) is 22.8 Å². The van der Waals surface area contributed by atoms with Crippen molar-refractivity contribution in [1.82, 2.24) is 9.88 Å². The topological polar surface area (TPSA) is 55.6 Å². The molecule has 2 aromatic carbocycles. The lowest BCUT2D eigenvalue weighted by Crippen LogP contribution is -2.19. The van der Waals surface area contributed by atoms with Crippen molar-refractivity contribution in [2.24, 2.45) is 12.0 Å². The number of hydrogen-bond acceptors (Lipinski definition) is 4. The Bertz CT molecular complexity index is 1120. The van der Waals surface area contributed by atoms with Crippen LogP contribution in [0.2, 0.25) is 5.02 Å². The highest BCUT2D eigenvalue weighted by Gasteiger charge is 2.24. The zero-order chi connectivity index (χ0) is 19.0. The molecule has 0 unspecified atom stereocenters. The number of hydrogen-bond donors (Lipinski definition) is 1. The molecule has 3 aromatic rings. The summed E-state index contributed by atoms with van der Waals surface area (Å²) in [4.78, 5) is 17.5. The first-order valence-corrected chi connectivity index (χ1v) is 9.42. The third kappa shape index (κ3) is 3.46. The molecule has 1 aromatic heterocycles. The van der Waals surface area contributed by atoms with Crippen LogP contribution >= 0.6 is 23.4 Å². The standard InChI is InChI=1S/C20H16ClN3O2S/c1-24-11-12(14-5-3-4-6-16(14)24)9-18-19(25)23-20(27-18)22-15-10-13(21)7-8-17(15)26-2/h3-11H,1-2H3,(H,22,23,25)/b18-9-. The van der Waals surface area contributed by atoms with Gasteiger partial charge in [-0.2, -0.15) is 0 Å². The number of carbonyl (C=O) groups excluding carboxylic acids is 1. The minimum absolute atomic E-state index is 0.173. The molecule has 0 saturated carbocycles. The van der Waals surface area contributed by atoms with Gasteiger partial charge in [0.2, 0.25) is 0 Å². The number of halogens is 1. The van der Waals surface area contributed by atoms with Crippen LogP contribution in [0.15, 0.2) is 58.6 Å². The average molecular weight is 398 g/mol. The summed E-state index contributed by atoms with van der Waals surface area (Å²) >= 11 is 7.34. The number of para-hydroxylation sites is 1. The molecule has 0 radical (unpaired) electrons. The van der Waals surface area contributed by atoms with Gasteiger partial charge in [0.1, 0.15) is 11.4 Å². The summed E-state index contributed by atoms with van der Waals surface area (Å²) in [6.45, 7) is 0. The van der Waals surface area contributed by atoms with Crippen molar-refractivity contribution in [2.45, 2.75) is 0 Å². The lowest BCUT2D eigenvalue weighted by molar-refractivity contribution is -0.115. The fourth-order valence-electron chi connectivity index (χ4n) is 2.97. The SMILES string of the molecule is COc1ccc(Cl)cc1N=C1NC(=O)/C(=C/c2cn(C)c3ccccc23)S1. The van der Waals surface area contributed by atoms with E-state index in [1.54, 1.807) is 25.3 Å². The van der Waals surface area contributed by atoms with E-state index in [4.69, 9.17) is 16.3 Å². The Kier molecular flexibility index (Phi) is 4.68. The highest BCUT2D eigenvalue weighted by Crippen LogP contribution is 2.34. The number of nitrogens with zero attached hydrogens (tertiary/aromatic N) is 2. The zero-order valence-corrected chi connectivity index (χ0v) is 16.3. The molecule has 0 aliphatic carbocycles. The van der Waals surface area contributed by atoms with E-state index in [-0.39, 0.29) is 5.91 Å². The maximum atomic E-state index is 12.4. The Morgan fingerprint density at radius 2 is 2.07 bits per heavy atom. The van der Waals surface area contributed by atoms with Crippen LogP contribution in [0, 0.1) is 0 Å². The maximum Gasteiger partial charge on any atom is 0.264 e. The highest BCUT2D eigenvalue weighted by atomic mass is 35.5. The predicted molar refractivity (Wildman–Crippen MR) is 112 cm³/mol. The number of amidine groups is 1. The van der Waals surface area contributed by atoms with E-state index >= 15 is 0 Å². The third-order valence-electron chi connectivity index (χ3n) is 4.23. The van der Waals surface area contributed by atoms with Crippen molar-refractivity contribution < 1.29 is 9.53 Å². The molecular weight excluding hydrogens is 382 g/mol. The number of ether oxygens (including phenoxy) is 1. The Morgan fingerprint density at radius 3 is 2.89 bits per heavy atom. The molecule has 7 heteroatoms. The van der Waals surface area contributed by atoms with Gasteiger partial charge in [-0.05, 0) is 42.1 Å². The molecule has 1 aliphatic rings. The number of methoxy groups -OCH3 is 1. The minimum Gasteiger partial charge on any atom is -0.494 e. The Morgan fingerprint density at radius 1 is 1.26 bits per heavy atom. The van der Waals surface area contributed by atoms with E-state index in [0.29, 0.717) is 26.5 Å². The fraction of sp³-hybridized carbons (Fsp3) is 0.100. The van der Waals surface area contributed by atoms with Gasteiger partial charge in [-0.3, -0.25) is 4.79 Å². The molecular formula is C20H16ClN3O2S. The Labute approximate surface area is 165 Å². The number of aryl methyl sites for hydroxylation is 1.